The first-order chi connectivity index (χ1) is 10.2. The van der Waals surface area contributed by atoms with Gasteiger partial charge in [-0.25, -0.2) is 0 Å². The molecule has 1 N–H and O–H groups in total. The minimum Gasteiger partial charge on any atom is -0.496 e. The maximum absolute atomic E-state index is 9.77. The van der Waals surface area contributed by atoms with E-state index >= 15 is 0 Å². The van der Waals surface area contributed by atoms with Gasteiger partial charge in [0.05, 0.1) is 18.8 Å². The first-order valence-corrected chi connectivity index (χ1v) is 6.77. The third-order valence-electron chi connectivity index (χ3n) is 3.53. The first-order valence-electron chi connectivity index (χ1n) is 6.77. The second-order valence-corrected chi connectivity index (χ2v) is 4.94. The van der Waals surface area contributed by atoms with Gasteiger partial charge in [0.15, 0.2) is 0 Å². The van der Waals surface area contributed by atoms with Gasteiger partial charge in [-0.05, 0) is 29.2 Å². The molecule has 0 unspecified atom stereocenters. The molecule has 5 heteroatoms. The van der Waals surface area contributed by atoms with Crippen molar-refractivity contribution in [2.24, 2.45) is 0 Å². The highest BCUT2D eigenvalue weighted by Gasteiger charge is 2.12. The van der Waals surface area contributed by atoms with E-state index in [1.54, 1.807) is 20.1 Å². The zero-order chi connectivity index (χ0) is 14.8. The summed E-state index contributed by atoms with van der Waals surface area (Å²) in [5.41, 5.74) is 3.61. The van der Waals surface area contributed by atoms with Crippen molar-refractivity contribution in [3.05, 3.63) is 48.7 Å². The SMILES string of the molecule is COc1ccc(B(C)O)cc1-c1ccc2ccnnc2c1. The van der Waals surface area contributed by atoms with Crippen LogP contribution in [0.4, 0.5) is 0 Å². The molecule has 0 saturated heterocycles. The number of fused-ring (bicyclic) bond motifs is 1. The van der Waals surface area contributed by atoms with E-state index < -0.39 is 6.92 Å². The molecule has 0 atom stereocenters. The number of benzene rings is 2. The second-order valence-electron chi connectivity index (χ2n) is 4.94. The van der Waals surface area contributed by atoms with Crippen molar-refractivity contribution in [2.75, 3.05) is 7.11 Å². The van der Waals surface area contributed by atoms with Crippen LogP contribution in [0.1, 0.15) is 0 Å². The summed E-state index contributed by atoms with van der Waals surface area (Å²) < 4.78 is 5.43. The molecule has 0 spiro atoms. The van der Waals surface area contributed by atoms with E-state index in [0.717, 1.165) is 33.2 Å². The molecule has 1 heterocycles. The van der Waals surface area contributed by atoms with Crippen molar-refractivity contribution in [3.63, 3.8) is 0 Å². The molecule has 0 fully saturated rings. The van der Waals surface area contributed by atoms with E-state index in [9.17, 15) is 5.02 Å². The quantitative estimate of drug-likeness (QED) is 0.746. The maximum atomic E-state index is 9.77. The predicted molar refractivity (Wildman–Crippen MR) is 85.0 cm³/mol. The van der Waals surface area contributed by atoms with E-state index in [0.29, 0.717) is 0 Å². The van der Waals surface area contributed by atoms with Gasteiger partial charge in [0.1, 0.15) is 5.75 Å². The van der Waals surface area contributed by atoms with Gasteiger partial charge >= 0.3 is 6.92 Å². The van der Waals surface area contributed by atoms with Crippen LogP contribution in [0.15, 0.2) is 48.7 Å². The lowest BCUT2D eigenvalue weighted by molar-refractivity contribution is 0.416. The second kappa shape index (κ2) is 5.54. The molecule has 0 saturated carbocycles. The molecule has 21 heavy (non-hydrogen) atoms. The molecule has 0 aliphatic heterocycles. The Morgan fingerprint density at radius 1 is 1.10 bits per heavy atom. The lowest BCUT2D eigenvalue weighted by atomic mass is 9.64. The van der Waals surface area contributed by atoms with Crippen molar-refractivity contribution in [3.8, 4) is 16.9 Å². The summed E-state index contributed by atoms with van der Waals surface area (Å²) in [4.78, 5) is 0. The van der Waals surface area contributed by atoms with Gasteiger partial charge in [-0.2, -0.15) is 10.2 Å². The monoisotopic (exact) mass is 278 g/mol. The largest absolute Gasteiger partial charge is 0.496 e. The maximum Gasteiger partial charge on any atom is 0.320 e. The Labute approximate surface area is 123 Å². The number of aromatic nitrogens is 2. The summed E-state index contributed by atoms with van der Waals surface area (Å²) in [7, 11) is 1.64. The summed E-state index contributed by atoms with van der Waals surface area (Å²) in [5.74, 6) is 0.766. The zero-order valence-corrected chi connectivity index (χ0v) is 11.9. The Morgan fingerprint density at radius 3 is 2.71 bits per heavy atom. The van der Waals surface area contributed by atoms with Gasteiger partial charge in [0.25, 0.3) is 0 Å². The summed E-state index contributed by atoms with van der Waals surface area (Å²) in [5, 5.41) is 18.9. The average Bonchev–Trinajstić information content (AvgIpc) is 2.53. The molecular weight excluding hydrogens is 263 g/mol. The van der Waals surface area contributed by atoms with Crippen LogP contribution >= 0.6 is 0 Å². The van der Waals surface area contributed by atoms with Crippen molar-refractivity contribution < 1.29 is 9.76 Å². The minimum atomic E-state index is -0.519. The molecule has 1 aromatic heterocycles. The molecule has 0 aliphatic carbocycles. The van der Waals surface area contributed by atoms with Crippen LogP contribution in [0.5, 0.6) is 5.75 Å². The fourth-order valence-electron chi connectivity index (χ4n) is 2.36. The molecule has 3 rings (SSSR count). The Kier molecular flexibility index (Phi) is 3.58. The highest BCUT2D eigenvalue weighted by atomic mass is 16.5. The molecule has 0 amide bonds. The average molecular weight is 278 g/mol. The lowest BCUT2D eigenvalue weighted by Crippen LogP contribution is -2.26. The van der Waals surface area contributed by atoms with Gasteiger partial charge in [-0.15, -0.1) is 0 Å². The third-order valence-corrected chi connectivity index (χ3v) is 3.53. The van der Waals surface area contributed by atoms with Crippen LogP contribution in [0.25, 0.3) is 22.0 Å². The molecule has 104 valence electrons. The smallest absolute Gasteiger partial charge is 0.320 e. The molecule has 3 aromatic rings. The molecule has 2 aromatic carbocycles. The number of hydrogen-bond donors (Lipinski definition) is 1. The first kappa shape index (κ1) is 13.6. The Morgan fingerprint density at radius 2 is 1.95 bits per heavy atom. The van der Waals surface area contributed by atoms with E-state index in [2.05, 4.69) is 10.2 Å². The van der Waals surface area contributed by atoms with Gasteiger partial charge in [0.2, 0.25) is 0 Å². The Bertz CT molecular complexity index is 790. The summed E-state index contributed by atoms with van der Waals surface area (Å²) >= 11 is 0. The van der Waals surface area contributed by atoms with E-state index in [1.807, 2.05) is 42.5 Å². The highest BCUT2D eigenvalue weighted by Crippen LogP contribution is 2.30. The number of ether oxygens (including phenoxy) is 1. The van der Waals surface area contributed by atoms with Gasteiger partial charge in [0, 0.05) is 10.9 Å². The van der Waals surface area contributed by atoms with Crippen LogP contribution in [0.2, 0.25) is 6.82 Å². The van der Waals surface area contributed by atoms with Crippen LogP contribution in [0.3, 0.4) is 0 Å². The number of nitrogens with zero attached hydrogens (tertiary/aromatic N) is 2. The molecule has 0 aliphatic rings. The number of hydrogen-bond acceptors (Lipinski definition) is 4. The fourth-order valence-corrected chi connectivity index (χ4v) is 2.36. The minimum absolute atomic E-state index is 0.519. The van der Waals surface area contributed by atoms with Crippen LogP contribution in [-0.4, -0.2) is 29.2 Å². The van der Waals surface area contributed by atoms with Crippen LogP contribution in [0, 0.1) is 0 Å². The Balaban J connectivity index is 2.18. The van der Waals surface area contributed by atoms with Gasteiger partial charge < -0.3 is 9.76 Å². The van der Waals surface area contributed by atoms with Gasteiger partial charge in [-0.1, -0.05) is 31.1 Å². The standard InChI is InChI=1S/C16H15BN2O2/c1-17(20)13-5-6-16(21-2)14(10-13)12-4-3-11-7-8-18-19-15(11)9-12/h3-10,20H,1-2H3. The van der Waals surface area contributed by atoms with Gasteiger partial charge in [-0.3, -0.25) is 0 Å². The Hall–Kier alpha value is -2.40. The van der Waals surface area contributed by atoms with Crippen molar-refractivity contribution in [1.82, 2.24) is 10.2 Å². The van der Waals surface area contributed by atoms with Crippen LogP contribution < -0.4 is 10.2 Å². The van der Waals surface area contributed by atoms with Crippen molar-refractivity contribution in [2.45, 2.75) is 6.82 Å². The van der Waals surface area contributed by atoms with E-state index in [4.69, 9.17) is 4.74 Å². The number of methoxy groups -OCH3 is 1. The third kappa shape index (κ3) is 2.60. The lowest BCUT2D eigenvalue weighted by Gasteiger charge is -2.12. The fraction of sp³-hybridized carbons (Fsp3) is 0.125. The van der Waals surface area contributed by atoms with Crippen LogP contribution in [-0.2, 0) is 0 Å². The number of rotatable bonds is 3. The van der Waals surface area contributed by atoms with E-state index in [-0.39, 0.29) is 0 Å². The summed E-state index contributed by atoms with van der Waals surface area (Å²) in [6, 6.07) is 13.6. The van der Waals surface area contributed by atoms with Crippen molar-refractivity contribution in [1.29, 1.82) is 0 Å². The summed E-state index contributed by atoms with van der Waals surface area (Å²) in [6.45, 7) is 1.23. The predicted octanol–water partition coefficient (Wildman–Crippen LogP) is 2.13. The summed E-state index contributed by atoms with van der Waals surface area (Å²) in [6.07, 6.45) is 1.68. The molecular formula is C16H15BN2O2. The molecule has 4 nitrogen and oxygen atoms in total. The topological polar surface area (TPSA) is 55.2 Å². The van der Waals surface area contributed by atoms with E-state index in [1.165, 1.54) is 0 Å². The molecule has 0 radical (unpaired) electrons. The zero-order valence-electron chi connectivity index (χ0n) is 11.9. The molecule has 0 bridgehead atoms. The van der Waals surface area contributed by atoms with Crippen molar-refractivity contribution >= 4 is 23.3 Å². The highest BCUT2D eigenvalue weighted by molar-refractivity contribution is 6.64. The normalized spacial score (nSPS) is 10.6.